The second-order valence-corrected chi connectivity index (χ2v) is 9.34. The van der Waals surface area contributed by atoms with Crippen molar-refractivity contribution >= 4 is 28.3 Å². The molecule has 0 saturated carbocycles. The molecule has 2 aromatic carbocycles. The van der Waals surface area contributed by atoms with Gasteiger partial charge < -0.3 is 28.8 Å². The Hall–Kier alpha value is -3.78. The average Bonchev–Trinajstić information content (AvgIpc) is 3.65. The monoisotopic (exact) mass is 504 g/mol. The summed E-state index contributed by atoms with van der Waals surface area (Å²) in [6, 6.07) is 14.0. The first-order valence-electron chi connectivity index (χ1n) is 12.8. The summed E-state index contributed by atoms with van der Waals surface area (Å²) < 4.78 is 17.1. The molecular formula is C29H32N2O6. The van der Waals surface area contributed by atoms with Crippen LogP contribution >= 0.6 is 0 Å². The van der Waals surface area contributed by atoms with Crippen LogP contribution in [0.4, 0.5) is 5.69 Å². The lowest BCUT2D eigenvalue weighted by atomic mass is 9.94. The van der Waals surface area contributed by atoms with Gasteiger partial charge in [-0.2, -0.15) is 0 Å². The second kappa shape index (κ2) is 10.3. The van der Waals surface area contributed by atoms with Crippen molar-refractivity contribution in [1.29, 1.82) is 0 Å². The van der Waals surface area contributed by atoms with Gasteiger partial charge in [-0.3, -0.25) is 9.59 Å². The number of aliphatic hydroxyl groups excluding tert-OH is 1. The highest BCUT2D eigenvalue weighted by molar-refractivity contribution is 6.16. The molecule has 1 N–H and O–H groups in total. The van der Waals surface area contributed by atoms with Crippen molar-refractivity contribution in [3.8, 4) is 5.75 Å². The number of carbonyl (C=O) groups is 2. The summed E-state index contributed by atoms with van der Waals surface area (Å²) in [6.45, 7) is 6.84. The van der Waals surface area contributed by atoms with Gasteiger partial charge in [0.25, 0.3) is 5.91 Å². The number of ketones is 1. The van der Waals surface area contributed by atoms with Crippen molar-refractivity contribution in [2.24, 2.45) is 0 Å². The minimum atomic E-state index is -0.759. The maximum atomic E-state index is 13.8. The fraction of sp³-hybridized carbons (Fsp3) is 0.379. The van der Waals surface area contributed by atoms with Crippen molar-refractivity contribution in [1.82, 2.24) is 4.90 Å². The molecule has 2 aliphatic rings. The molecular weight excluding hydrogens is 472 g/mol. The molecule has 5 rings (SSSR count). The second-order valence-electron chi connectivity index (χ2n) is 9.34. The number of benzene rings is 2. The zero-order valence-electron chi connectivity index (χ0n) is 21.4. The largest absolute Gasteiger partial charge is 0.503 e. The molecule has 2 atom stereocenters. The van der Waals surface area contributed by atoms with Crippen molar-refractivity contribution in [2.45, 2.75) is 38.8 Å². The number of carbonyl (C=O) groups excluding carboxylic acids is 2. The number of hydrogen-bond acceptors (Lipinski definition) is 7. The van der Waals surface area contributed by atoms with Crippen LogP contribution in [-0.2, 0) is 9.53 Å². The summed E-state index contributed by atoms with van der Waals surface area (Å²) in [5.41, 5.74) is 2.24. The van der Waals surface area contributed by atoms with Crippen LogP contribution in [0.1, 0.15) is 48.8 Å². The number of fused-ring (bicyclic) bond motifs is 1. The smallest absolute Gasteiger partial charge is 0.290 e. The van der Waals surface area contributed by atoms with Crippen LogP contribution in [0, 0.1) is 0 Å². The van der Waals surface area contributed by atoms with Gasteiger partial charge in [-0.25, -0.2) is 0 Å². The SMILES string of the molecule is CCN(CC)c1ccc(C2C(C(=O)c3cc4cccc(OC)c4o3)=C(O)C(=O)N2CC2CCCO2)cc1. The van der Waals surface area contributed by atoms with E-state index in [1.54, 1.807) is 17.0 Å². The van der Waals surface area contributed by atoms with E-state index in [1.165, 1.54) is 7.11 Å². The molecule has 1 aromatic heterocycles. The number of anilines is 1. The Morgan fingerprint density at radius 1 is 1.16 bits per heavy atom. The molecule has 8 heteroatoms. The molecule has 194 valence electrons. The Kier molecular flexibility index (Phi) is 6.93. The zero-order valence-corrected chi connectivity index (χ0v) is 21.4. The van der Waals surface area contributed by atoms with E-state index in [9.17, 15) is 14.7 Å². The van der Waals surface area contributed by atoms with Crippen LogP contribution in [0.3, 0.4) is 0 Å². The molecule has 0 bridgehead atoms. The van der Waals surface area contributed by atoms with E-state index >= 15 is 0 Å². The Bertz CT molecular complexity index is 1330. The Labute approximate surface area is 216 Å². The van der Waals surface area contributed by atoms with Crippen molar-refractivity contribution < 1.29 is 28.6 Å². The van der Waals surface area contributed by atoms with Crippen LogP contribution in [0.2, 0.25) is 0 Å². The van der Waals surface area contributed by atoms with E-state index in [0.29, 0.717) is 23.3 Å². The van der Waals surface area contributed by atoms with E-state index in [-0.39, 0.29) is 24.0 Å². The molecule has 37 heavy (non-hydrogen) atoms. The fourth-order valence-corrected chi connectivity index (χ4v) is 5.33. The summed E-state index contributed by atoms with van der Waals surface area (Å²) >= 11 is 0. The molecule has 3 aromatic rings. The molecule has 2 unspecified atom stereocenters. The van der Waals surface area contributed by atoms with Gasteiger partial charge >= 0.3 is 0 Å². The van der Waals surface area contributed by atoms with Gasteiger partial charge in [-0.1, -0.05) is 24.3 Å². The molecule has 0 spiro atoms. The first kappa shape index (κ1) is 24.9. The molecule has 0 aliphatic carbocycles. The topological polar surface area (TPSA) is 92.5 Å². The third-order valence-corrected chi connectivity index (χ3v) is 7.26. The number of ether oxygens (including phenoxy) is 2. The van der Waals surface area contributed by atoms with E-state index < -0.39 is 23.5 Å². The lowest BCUT2D eigenvalue weighted by Crippen LogP contribution is -2.37. The fourth-order valence-electron chi connectivity index (χ4n) is 5.33. The van der Waals surface area contributed by atoms with Crippen LogP contribution in [-0.4, -0.2) is 61.2 Å². The van der Waals surface area contributed by atoms with Crippen LogP contribution in [0.15, 0.2) is 64.3 Å². The van der Waals surface area contributed by atoms with Gasteiger partial charge in [0.15, 0.2) is 22.9 Å². The predicted octanol–water partition coefficient (Wildman–Crippen LogP) is 5.04. The molecule has 0 radical (unpaired) electrons. The van der Waals surface area contributed by atoms with Crippen LogP contribution < -0.4 is 9.64 Å². The third kappa shape index (κ3) is 4.46. The highest BCUT2D eigenvalue weighted by atomic mass is 16.5. The number of rotatable bonds is 9. The molecule has 1 fully saturated rings. The first-order chi connectivity index (χ1) is 18.0. The maximum Gasteiger partial charge on any atom is 0.290 e. The molecule has 1 amide bonds. The first-order valence-corrected chi connectivity index (χ1v) is 12.8. The lowest BCUT2D eigenvalue weighted by molar-refractivity contribution is -0.131. The minimum absolute atomic E-state index is 0.0107. The number of hydrogen-bond donors (Lipinski definition) is 1. The number of nitrogens with zero attached hydrogens (tertiary/aromatic N) is 2. The van der Waals surface area contributed by atoms with Gasteiger partial charge in [-0.15, -0.1) is 0 Å². The molecule has 3 heterocycles. The van der Waals surface area contributed by atoms with Gasteiger partial charge in [0.2, 0.25) is 5.78 Å². The number of aliphatic hydroxyl groups is 1. The average molecular weight is 505 g/mol. The van der Waals surface area contributed by atoms with Gasteiger partial charge in [0, 0.05) is 37.3 Å². The van der Waals surface area contributed by atoms with Gasteiger partial charge in [-0.05, 0) is 56.5 Å². The molecule has 1 saturated heterocycles. The maximum absolute atomic E-state index is 13.8. The summed E-state index contributed by atoms with van der Waals surface area (Å²) in [5, 5.41) is 11.7. The summed E-state index contributed by atoms with van der Waals surface area (Å²) in [4.78, 5) is 30.9. The van der Waals surface area contributed by atoms with Crippen molar-refractivity contribution in [2.75, 3.05) is 38.3 Å². The molecule has 8 nitrogen and oxygen atoms in total. The standard InChI is InChI=1S/C29H32N2O6/c1-4-30(5-2)20-13-11-18(12-14-20)25-24(27(33)29(34)31(25)17-21-9-7-15-36-21)26(32)23-16-19-8-6-10-22(35-3)28(19)37-23/h6,8,10-14,16,21,25,33H,4-5,7,9,15,17H2,1-3H3. The number of amides is 1. The number of para-hydroxylation sites is 1. The summed E-state index contributed by atoms with van der Waals surface area (Å²) in [5.74, 6) is -1.12. The quantitative estimate of drug-likeness (QED) is 0.408. The normalized spacial score (nSPS) is 19.8. The van der Waals surface area contributed by atoms with Crippen LogP contribution in [0.25, 0.3) is 11.0 Å². The highest BCUT2D eigenvalue weighted by Crippen LogP contribution is 2.41. The zero-order chi connectivity index (χ0) is 26.1. The summed E-state index contributed by atoms with van der Waals surface area (Å²) in [7, 11) is 1.53. The number of methoxy groups -OCH3 is 1. The Morgan fingerprint density at radius 3 is 2.57 bits per heavy atom. The predicted molar refractivity (Wildman–Crippen MR) is 140 cm³/mol. The Morgan fingerprint density at radius 2 is 1.92 bits per heavy atom. The Balaban J connectivity index is 1.56. The number of Topliss-reactive ketones (excluding diaryl/α,β-unsaturated/α-hetero) is 1. The highest BCUT2D eigenvalue weighted by Gasteiger charge is 2.45. The minimum Gasteiger partial charge on any atom is -0.503 e. The third-order valence-electron chi connectivity index (χ3n) is 7.26. The summed E-state index contributed by atoms with van der Waals surface area (Å²) in [6.07, 6.45) is 1.60. The van der Waals surface area contributed by atoms with Gasteiger partial charge in [0.1, 0.15) is 0 Å². The van der Waals surface area contributed by atoms with E-state index in [0.717, 1.165) is 37.2 Å². The van der Waals surface area contributed by atoms with E-state index in [1.807, 2.05) is 36.4 Å². The van der Waals surface area contributed by atoms with Crippen molar-refractivity contribution in [3.63, 3.8) is 0 Å². The van der Waals surface area contributed by atoms with E-state index in [4.69, 9.17) is 13.9 Å². The molecule has 2 aliphatic heterocycles. The van der Waals surface area contributed by atoms with Crippen LogP contribution in [0.5, 0.6) is 5.75 Å². The van der Waals surface area contributed by atoms with Crippen molar-refractivity contribution in [3.05, 3.63) is 71.2 Å². The lowest BCUT2D eigenvalue weighted by Gasteiger charge is -2.29. The number of furan rings is 1. The van der Waals surface area contributed by atoms with Gasteiger partial charge in [0.05, 0.1) is 24.8 Å². The van der Waals surface area contributed by atoms with E-state index in [2.05, 4.69) is 18.7 Å².